The quantitative estimate of drug-likeness (QED) is 0.583. The molecule has 0 spiro atoms. The number of aromatic nitrogens is 2. The molecule has 2 heterocycles. The van der Waals surface area contributed by atoms with E-state index in [4.69, 9.17) is 16.3 Å². The second-order valence-corrected chi connectivity index (χ2v) is 8.92. The van der Waals surface area contributed by atoms with Gasteiger partial charge in [0, 0.05) is 25.0 Å². The highest BCUT2D eigenvalue weighted by molar-refractivity contribution is 9.10. The van der Waals surface area contributed by atoms with Gasteiger partial charge in [0.25, 0.3) is 0 Å². The standard InChI is InChI=1S/C19H20BrClFN5O2/c1-19(2,3)29-18(28)27-7-6-26(9-11(27)4-5-23)17-12-8-13(21)14(20)15(22)16(12)24-10-25-17/h8,10-11H,4,6-7,9H2,1-3H3/t11-/m0/s1. The van der Waals surface area contributed by atoms with Crippen LogP contribution in [0.15, 0.2) is 16.9 Å². The molecule has 1 aromatic heterocycles. The molecule has 154 valence electrons. The number of amides is 1. The van der Waals surface area contributed by atoms with Crippen molar-refractivity contribution in [2.75, 3.05) is 24.5 Å². The fraction of sp³-hybridized carbons (Fsp3) is 0.474. The van der Waals surface area contributed by atoms with E-state index in [0.717, 1.165) is 0 Å². The summed E-state index contributed by atoms with van der Waals surface area (Å²) in [7, 11) is 0. The van der Waals surface area contributed by atoms with Gasteiger partial charge in [0.1, 0.15) is 23.3 Å². The predicted octanol–water partition coefficient (Wildman–Crippen LogP) is 4.52. The highest BCUT2D eigenvalue weighted by atomic mass is 79.9. The molecule has 0 bridgehead atoms. The summed E-state index contributed by atoms with van der Waals surface area (Å²) < 4.78 is 20.2. The van der Waals surface area contributed by atoms with Crippen molar-refractivity contribution < 1.29 is 13.9 Å². The fourth-order valence-electron chi connectivity index (χ4n) is 3.23. The molecule has 7 nitrogen and oxygen atoms in total. The Kier molecular flexibility index (Phi) is 6.15. The average Bonchev–Trinajstić information content (AvgIpc) is 2.64. The second-order valence-electron chi connectivity index (χ2n) is 7.72. The molecular weight excluding hydrogens is 465 g/mol. The molecular formula is C19H20BrClFN5O2. The van der Waals surface area contributed by atoms with Crippen LogP contribution in [0.1, 0.15) is 27.2 Å². The van der Waals surface area contributed by atoms with Crippen molar-refractivity contribution in [2.45, 2.75) is 38.8 Å². The van der Waals surface area contributed by atoms with E-state index < -0.39 is 17.5 Å². The third-order valence-corrected chi connectivity index (χ3v) is 5.78. The smallest absolute Gasteiger partial charge is 0.410 e. The number of halogens is 3. The van der Waals surface area contributed by atoms with Gasteiger partial charge >= 0.3 is 6.09 Å². The van der Waals surface area contributed by atoms with E-state index in [1.54, 1.807) is 31.7 Å². The zero-order chi connectivity index (χ0) is 21.3. The Morgan fingerprint density at radius 1 is 1.45 bits per heavy atom. The van der Waals surface area contributed by atoms with Crippen molar-refractivity contribution in [1.82, 2.24) is 14.9 Å². The van der Waals surface area contributed by atoms with Crippen LogP contribution in [-0.2, 0) is 4.74 Å². The molecule has 1 atom stereocenters. The molecule has 10 heteroatoms. The Morgan fingerprint density at radius 3 is 2.83 bits per heavy atom. The first kappa shape index (κ1) is 21.5. The average molecular weight is 485 g/mol. The van der Waals surface area contributed by atoms with E-state index in [0.29, 0.717) is 30.8 Å². The Labute approximate surface area is 181 Å². The Morgan fingerprint density at radius 2 is 2.17 bits per heavy atom. The molecule has 1 fully saturated rings. The first-order chi connectivity index (χ1) is 13.6. The summed E-state index contributed by atoms with van der Waals surface area (Å²) in [5.41, 5.74) is -0.478. The van der Waals surface area contributed by atoms with Gasteiger partial charge in [-0.15, -0.1) is 0 Å². The minimum absolute atomic E-state index is 0.138. The SMILES string of the molecule is CC(C)(C)OC(=O)N1CCN(c2ncnc3c(F)c(Br)c(Cl)cc23)C[C@@H]1CC#N. The van der Waals surface area contributed by atoms with E-state index in [-0.39, 0.29) is 27.5 Å². The van der Waals surface area contributed by atoms with Crippen LogP contribution >= 0.6 is 27.5 Å². The van der Waals surface area contributed by atoms with E-state index in [1.807, 2.05) is 4.90 Å². The summed E-state index contributed by atoms with van der Waals surface area (Å²) >= 11 is 9.26. The van der Waals surface area contributed by atoms with Crippen molar-refractivity contribution in [3.05, 3.63) is 27.7 Å². The molecule has 1 aliphatic heterocycles. The van der Waals surface area contributed by atoms with Gasteiger partial charge in [-0.05, 0) is 42.8 Å². The zero-order valence-corrected chi connectivity index (χ0v) is 18.6. The second kappa shape index (κ2) is 8.28. The monoisotopic (exact) mass is 483 g/mol. The maximum Gasteiger partial charge on any atom is 0.410 e. The zero-order valence-electron chi connectivity index (χ0n) is 16.2. The van der Waals surface area contributed by atoms with Gasteiger partial charge in [-0.1, -0.05) is 11.6 Å². The number of hydrogen-bond donors (Lipinski definition) is 0. The number of carbonyl (C=O) groups is 1. The number of fused-ring (bicyclic) bond motifs is 1. The Bertz CT molecular complexity index is 991. The minimum Gasteiger partial charge on any atom is -0.444 e. The van der Waals surface area contributed by atoms with Gasteiger partial charge in [0.15, 0.2) is 5.82 Å². The number of hydrogen-bond acceptors (Lipinski definition) is 6. The van der Waals surface area contributed by atoms with Crippen molar-refractivity contribution in [2.24, 2.45) is 0 Å². The van der Waals surface area contributed by atoms with E-state index in [1.165, 1.54) is 6.33 Å². The summed E-state index contributed by atoms with van der Waals surface area (Å²) in [5.74, 6) is -0.0489. The first-order valence-electron chi connectivity index (χ1n) is 9.02. The molecule has 29 heavy (non-hydrogen) atoms. The molecule has 1 amide bonds. The van der Waals surface area contributed by atoms with Gasteiger partial charge in [-0.25, -0.2) is 19.2 Å². The Balaban J connectivity index is 1.93. The van der Waals surface area contributed by atoms with Crippen molar-refractivity contribution in [3.63, 3.8) is 0 Å². The van der Waals surface area contributed by atoms with Crippen LogP contribution in [0, 0.1) is 17.1 Å². The molecule has 1 saturated heterocycles. The van der Waals surface area contributed by atoms with Crippen molar-refractivity contribution in [1.29, 1.82) is 5.26 Å². The van der Waals surface area contributed by atoms with Gasteiger partial charge in [-0.2, -0.15) is 5.26 Å². The van der Waals surface area contributed by atoms with Gasteiger partial charge in [-0.3, -0.25) is 0 Å². The molecule has 0 aliphatic carbocycles. The van der Waals surface area contributed by atoms with Crippen molar-refractivity contribution in [3.8, 4) is 6.07 Å². The van der Waals surface area contributed by atoms with Crippen LogP contribution < -0.4 is 4.90 Å². The maximum atomic E-state index is 14.6. The molecule has 0 unspecified atom stereocenters. The fourth-order valence-corrected chi connectivity index (χ4v) is 3.73. The van der Waals surface area contributed by atoms with Gasteiger partial charge in [0.05, 0.1) is 28.0 Å². The van der Waals surface area contributed by atoms with Gasteiger partial charge < -0.3 is 14.5 Å². The Hall–Kier alpha value is -2.18. The number of piperazine rings is 1. The molecule has 0 N–H and O–H groups in total. The summed E-state index contributed by atoms with van der Waals surface area (Å²) in [6.07, 6.45) is 0.975. The number of nitrogens with zero attached hydrogens (tertiary/aromatic N) is 5. The summed E-state index contributed by atoms with van der Waals surface area (Å²) in [6.45, 7) is 6.54. The molecule has 2 aromatic rings. The van der Waals surface area contributed by atoms with Crippen LogP contribution in [0.2, 0.25) is 5.02 Å². The highest BCUT2D eigenvalue weighted by Crippen LogP contribution is 2.35. The number of anilines is 1. The minimum atomic E-state index is -0.629. The number of carbonyl (C=O) groups excluding carboxylic acids is 1. The number of benzene rings is 1. The molecule has 3 rings (SSSR count). The predicted molar refractivity (Wildman–Crippen MR) is 111 cm³/mol. The maximum absolute atomic E-state index is 14.6. The number of nitriles is 1. The summed E-state index contributed by atoms with van der Waals surface area (Å²) in [5, 5.41) is 9.92. The topological polar surface area (TPSA) is 82.3 Å². The lowest BCUT2D eigenvalue weighted by atomic mass is 10.1. The largest absolute Gasteiger partial charge is 0.444 e. The van der Waals surface area contributed by atoms with E-state index in [2.05, 4.69) is 32.0 Å². The van der Waals surface area contributed by atoms with Crippen LogP contribution in [-0.4, -0.2) is 52.2 Å². The van der Waals surface area contributed by atoms with Crippen LogP contribution in [0.4, 0.5) is 15.0 Å². The third kappa shape index (κ3) is 4.54. The van der Waals surface area contributed by atoms with E-state index >= 15 is 0 Å². The van der Waals surface area contributed by atoms with Gasteiger partial charge in [0.2, 0.25) is 0 Å². The molecule has 0 saturated carbocycles. The number of ether oxygens (including phenoxy) is 1. The lowest BCUT2D eigenvalue weighted by molar-refractivity contribution is 0.0145. The summed E-state index contributed by atoms with van der Waals surface area (Å²) in [4.78, 5) is 24.4. The first-order valence-corrected chi connectivity index (χ1v) is 10.2. The van der Waals surface area contributed by atoms with Crippen LogP contribution in [0.3, 0.4) is 0 Å². The third-order valence-electron chi connectivity index (χ3n) is 4.48. The van der Waals surface area contributed by atoms with Crippen LogP contribution in [0.25, 0.3) is 10.9 Å². The van der Waals surface area contributed by atoms with Crippen molar-refractivity contribution >= 4 is 50.3 Å². The molecule has 1 aromatic carbocycles. The lowest BCUT2D eigenvalue weighted by Gasteiger charge is -2.41. The van der Waals surface area contributed by atoms with E-state index in [9.17, 15) is 14.4 Å². The highest BCUT2D eigenvalue weighted by Gasteiger charge is 2.34. The molecule has 1 aliphatic rings. The lowest BCUT2D eigenvalue weighted by Crippen LogP contribution is -2.56. The molecule has 0 radical (unpaired) electrons. The normalized spacial score (nSPS) is 17.3. The summed E-state index contributed by atoms with van der Waals surface area (Å²) in [6, 6.07) is 3.35. The number of rotatable bonds is 2. The van der Waals surface area contributed by atoms with Crippen LogP contribution in [0.5, 0.6) is 0 Å².